The van der Waals surface area contributed by atoms with Crippen LogP contribution in [0.1, 0.15) is 11.7 Å². The van der Waals surface area contributed by atoms with Gasteiger partial charge in [-0.05, 0) is 40.6 Å². The van der Waals surface area contributed by atoms with E-state index in [2.05, 4.69) is 31.2 Å². The predicted octanol–water partition coefficient (Wildman–Crippen LogP) is 3.60. The Kier molecular flexibility index (Phi) is 3.95. The van der Waals surface area contributed by atoms with Crippen LogP contribution in [-0.2, 0) is 0 Å². The maximum absolute atomic E-state index is 10.1. The van der Waals surface area contributed by atoms with Gasteiger partial charge in [0, 0.05) is 16.4 Å². The lowest BCUT2D eigenvalue weighted by molar-refractivity contribution is 0.192. The summed E-state index contributed by atoms with van der Waals surface area (Å²) in [5, 5.41) is 18.1. The van der Waals surface area contributed by atoms with E-state index in [-0.39, 0.29) is 0 Å². The van der Waals surface area contributed by atoms with Gasteiger partial charge in [0.15, 0.2) is 0 Å². The number of aliphatic hydroxyl groups is 1. The lowest BCUT2D eigenvalue weighted by Crippen LogP contribution is -2.12. The normalized spacial score (nSPS) is 12.5. The number of thiophene rings is 1. The first-order valence-electron chi connectivity index (χ1n) is 6.08. The standard InChI is InChI=1S/C14H12BrN3OS/c15-10-1-2-12-11(5-10)14(18-8-17-12)16-6-13(19)9-3-4-20-7-9/h1-5,7-8,13,19H,6H2,(H,16,17,18). The molecule has 0 spiro atoms. The van der Waals surface area contributed by atoms with Crippen LogP contribution in [0.15, 0.2) is 45.8 Å². The fraction of sp³-hybridized carbons (Fsp3) is 0.143. The quantitative estimate of drug-likeness (QED) is 0.755. The summed E-state index contributed by atoms with van der Waals surface area (Å²) in [6.45, 7) is 0.412. The molecular weight excluding hydrogens is 338 g/mol. The summed E-state index contributed by atoms with van der Waals surface area (Å²) in [4.78, 5) is 8.48. The molecule has 1 unspecified atom stereocenters. The van der Waals surface area contributed by atoms with E-state index in [0.29, 0.717) is 6.54 Å². The van der Waals surface area contributed by atoms with Gasteiger partial charge in [-0.25, -0.2) is 9.97 Å². The average molecular weight is 350 g/mol. The number of hydrogen-bond donors (Lipinski definition) is 2. The third-order valence-electron chi connectivity index (χ3n) is 2.99. The second-order valence-electron chi connectivity index (χ2n) is 4.34. The minimum atomic E-state index is -0.543. The topological polar surface area (TPSA) is 58.0 Å². The van der Waals surface area contributed by atoms with Crippen molar-refractivity contribution in [3.05, 3.63) is 51.4 Å². The number of nitrogens with zero attached hydrogens (tertiary/aromatic N) is 2. The largest absolute Gasteiger partial charge is 0.387 e. The zero-order valence-electron chi connectivity index (χ0n) is 10.5. The maximum atomic E-state index is 10.1. The van der Waals surface area contributed by atoms with Gasteiger partial charge in [0.2, 0.25) is 0 Å². The number of nitrogens with one attached hydrogen (secondary N) is 1. The fourth-order valence-electron chi connectivity index (χ4n) is 1.95. The monoisotopic (exact) mass is 349 g/mol. The SMILES string of the molecule is OC(CNc1ncnc2ccc(Br)cc12)c1ccsc1. The first-order chi connectivity index (χ1) is 9.74. The molecule has 0 radical (unpaired) electrons. The Morgan fingerprint density at radius 2 is 2.20 bits per heavy atom. The van der Waals surface area contributed by atoms with E-state index in [1.54, 1.807) is 11.3 Å². The Morgan fingerprint density at radius 1 is 1.30 bits per heavy atom. The van der Waals surface area contributed by atoms with Crippen molar-refractivity contribution in [3.8, 4) is 0 Å². The molecule has 20 heavy (non-hydrogen) atoms. The van der Waals surface area contributed by atoms with Crippen LogP contribution in [0.5, 0.6) is 0 Å². The lowest BCUT2D eigenvalue weighted by atomic mass is 10.2. The fourth-order valence-corrected chi connectivity index (χ4v) is 3.01. The van der Waals surface area contributed by atoms with Crippen molar-refractivity contribution in [2.75, 3.05) is 11.9 Å². The van der Waals surface area contributed by atoms with Gasteiger partial charge in [0.05, 0.1) is 11.6 Å². The number of anilines is 1. The molecule has 3 aromatic rings. The predicted molar refractivity (Wildman–Crippen MR) is 85.0 cm³/mol. The van der Waals surface area contributed by atoms with Crippen molar-refractivity contribution < 1.29 is 5.11 Å². The second kappa shape index (κ2) is 5.87. The van der Waals surface area contributed by atoms with Crippen molar-refractivity contribution >= 4 is 44.0 Å². The van der Waals surface area contributed by atoms with Crippen LogP contribution < -0.4 is 5.32 Å². The molecule has 0 amide bonds. The number of aliphatic hydroxyl groups excluding tert-OH is 1. The van der Waals surface area contributed by atoms with Crippen LogP contribution in [0, 0.1) is 0 Å². The molecule has 102 valence electrons. The summed E-state index contributed by atoms with van der Waals surface area (Å²) in [6.07, 6.45) is 0.980. The smallest absolute Gasteiger partial charge is 0.137 e. The number of benzene rings is 1. The molecule has 0 saturated carbocycles. The lowest BCUT2D eigenvalue weighted by Gasteiger charge is -2.12. The molecule has 4 nitrogen and oxygen atoms in total. The van der Waals surface area contributed by atoms with Gasteiger partial charge in [-0.2, -0.15) is 11.3 Å². The highest BCUT2D eigenvalue weighted by Gasteiger charge is 2.09. The maximum Gasteiger partial charge on any atom is 0.137 e. The first kappa shape index (κ1) is 13.5. The van der Waals surface area contributed by atoms with Crippen LogP contribution in [-0.4, -0.2) is 21.6 Å². The summed E-state index contributed by atoms with van der Waals surface area (Å²) >= 11 is 5.02. The number of rotatable bonds is 4. The molecule has 2 heterocycles. The zero-order chi connectivity index (χ0) is 13.9. The molecule has 2 aromatic heterocycles. The molecule has 2 N–H and O–H groups in total. The van der Waals surface area contributed by atoms with Crippen LogP contribution in [0.4, 0.5) is 5.82 Å². The minimum absolute atomic E-state index is 0.412. The van der Waals surface area contributed by atoms with Crippen molar-refractivity contribution in [1.82, 2.24) is 9.97 Å². The van der Waals surface area contributed by atoms with E-state index in [0.717, 1.165) is 26.8 Å². The van der Waals surface area contributed by atoms with Crippen LogP contribution in [0.3, 0.4) is 0 Å². The molecule has 0 aliphatic heterocycles. The Hall–Kier alpha value is -1.50. The van der Waals surface area contributed by atoms with E-state index < -0.39 is 6.10 Å². The van der Waals surface area contributed by atoms with Crippen molar-refractivity contribution in [3.63, 3.8) is 0 Å². The van der Waals surface area contributed by atoms with Gasteiger partial charge in [0.25, 0.3) is 0 Å². The first-order valence-corrected chi connectivity index (χ1v) is 7.82. The van der Waals surface area contributed by atoms with Crippen LogP contribution in [0.25, 0.3) is 10.9 Å². The Morgan fingerprint density at radius 3 is 3.00 bits per heavy atom. The van der Waals surface area contributed by atoms with E-state index in [1.165, 1.54) is 6.33 Å². The second-order valence-corrected chi connectivity index (χ2v) is 6.03. The molecule has 0 aliphatic rings. The molecular formula is C14H12BrN3OS. The molecule has 0 fully saturated rings. The molecule has 0 saturated heterocycles. The highest BCUT2D eigenvalue weighted by Crippen LogP contribution is 2.24. The van der Waals surface area contributed by atoms with Crippen molar-refractivity contribution in [1.29, 1.82) is 0 Å². The third-order valence-corrected chi connectivity index (χ3v) is 4.18. The summed E-state index contributed by atoms with van der Waals surface area (Å²) in [7, 11) is 0. The molecule has 6 heteroatoms. The Labute approximate surface area is 128 Å². The van der Waals surface area contributed by atoms with E-state index >= 15 is 0 Å². The summed E-state index contributed by atoms with van der Waals surface area (Å²) in [6, 6.07) is 7.77. The van der Waals surface area contributed by atoms with Gasteiger partial charge in [-0.1, -0.05) is 15.9 Å². The average Bonchev–Trinajstić information content (AvgIpc) is 2.99. The van der Waals surface area contributed by atoms with E-state index in [9.17, 15) is 5.11 Å². The highest BCUT2D eigenvalue weighted by atomic mass is 79.9. The van der Waals surface area contributed by atoms with Gasteiger partial charge in [-0.15, -0.1) is 0 Å². The third kappa shape index (κ3) is 2.82. The van der Waals surface area contributed by atoms with Gasteiger partial charge >= 0.3 is 0 Å². The van der Waals surface area contributed by atoms with Gasteiger partial charge < -0.3 is 10.4 Å². The minimum Gasteiger partial charge on any atom is -0.387 e. The molecule has 1 aromatic carbocycles. The summed E-state index contributed by atoms with van der Waals surface area (Å²) in [5.74, 6) is 0.727. The van der Waals surface area contributed by atoms with Crippen LogP contribution >= 0.6 is 27.3 Å². The number of aromatic nitrogens is 2. The highest BCUT2D eigenvalue weighted by molar-refractivity contribution is 9.10. The molecule has 0 aliphatic carbocycles. The van der Waals surface area contributed by atoms with Gasteiger partial charge in [0.1, 0.15) is 12.1 Å². The van der Waals surface area contributed by atoms with E-state index in [4.69, 9.17) is 0 Å². The van der Waals surface area contributed by atoms with Crippen molar-refractivity contribution in [2.45, 2.75) is 6.10 Å². The number of fused-ring (bicyclic) bond motifs is 1. The summed E-state index contributed by atoms with van der Waals surface area (Å²) < 4.78 is 0.973. The van der Waals surface area contributed by atoms with Crippen molar-refractivity contribution in [2.24, 2.45) is 0 Å². The molecule has 3 rings (SSSR count). The summed E-state index contributed by atoms with van der Waals surface area (Å²) in [5.41, 5.74) is 1.79. The van der Waals surface area contributed by atoms with E-state index in [1.807, 2.05) is 35.0 Å². The Bertz CT molecular complexity index is 718. The molecule has 0 bridgehead atoms. The number of hydrogen-bond acceptors (Lipinski definition) is 5. The number of halogens is 1. The van der Waals surface area contributed by atoms with Crippen LogP contribution in [0.2, 0.25) is 0 Å². The molecule has 1 atom stereocenters. The van der Waals surface area contributed by atoms with Gasteiger partial charge in [-0.3, -0.25) is 0 Å². The zero-order valence-corrected chi connectivity index (χ0v) is 12.9. The Balaban J connectivity index is 1.82.